The van der Waals surface area contributed by atoms with Crippen LogP contribution in [0.25, 0.3) is 11.4 Å². The fourth-order valence-corrected chi connectivity index (χ4v) is 1.32. The van der Waals surface area contributed by atoms with Gasteiger partial charge in [-0.1, -0.05) is 18.2 Å². The number of nitrogens with zero attached hydrogens (tertiary/aromatic N) is 3. The zero-order chi connectivity index (χ0) is 9.80. The van der Waals surface area contributed by atoms with Crippen molar-refractivity contribution in [3.8, 4) is 11.4 Å². The Kier molecular flexibility index (Phi) is 2.51. The van der Waals surface area contributed by atoms with Crippen molar-refractivity contribution in [3.63, 3.8) is 0 Å². The lowest BCUT2D eigenvalue weighted by molar-refractivity contribution is 0.881. The van der Waals surface area contributed by atoms with Crippen LogP contribution in [0.3, 0.4) is 0 Å². The minimum atomic E-state index is 0.615. The predicted octanol–water partition coefficient (Wildman–Crippen LogP) is 0.368. The Morgan fingerprint density at radius 1 is 1.36 bits per heavy atom. The van der Waals surface area contributed by atoms with Crippen LogP contribution in [0.4, 0.5) is 0 Å². The van der Waals surface area contributed by atoms with E-state index in [-0.39, 0.29) is 0 Å². The van der Waals surface area contributed by atoms with Gasteiger partial charge in [-0.25, -0.2) is 0 Å². The third-order valence-electron chi connectivity index (χ3n) is 1.96. The maximum atomic E-state index is 5.48. The van der Waals surface area contributed by atoms with Gasteiger partial charge < -0.3 is 5.73 Å². The fourth-order valence-electron chi connectivity index (χ4n) is 1.32. The van der Waals surface area contributed by atoms with Gasteiger partial charge in [0.2, 0.25) is 5.82 Å². The van der Waals surface area contributed by atoms with E-state index < -0.39 is 0 Å². The maximum absolute atomic E-state index is 5.48. The Morgan fingerprint density at radius 2 is 2.29 bits per heavy atom. The average Bonchev–Trinajstić information content (AvgIpc) is 2.71. The molecule has 0 aliphatic heterocycles. The third-order valence-corrected chi connectivity index (χ3v) is 1.96. The molecule has 0 amide bonds. The van der Waals surface area contributed by atoms with Crippen LogP contribution in [0.5, 0.6) is 0 Å². The average molecular weight is 189 g/mol. The van der Waals surface area contributed by atoms with E-state index in [2.05, 4.69) is 20.6 Å². The highest BCUT2D eigenvalue weighted by molar-refractivity contribution is 5.54. The number of aromatic nitrogens is 4. The van der Waals surface area contributed by atoms with E-state index in [1.54, 1.807) is 0 Å². The van der Waals surface area contributed by atoms with Crippen LogP contribution in [0.1, 0.15) is 5.56 Å². The molecule has 0 saturated heterocycles. The number of hydrogen-bond donors (Lipinski definition) is 2. The highest BCUT2D eigenvalue weighted by Gasteiger charge is 2.02. The summed E-state index contributed by atoms with van der Waals surface area (Å²) in [6.45, 7) is 0.649. The van der Waals surface area contributed by atoms with Gasteiger partial charge in [0.05, 0.1) is 0 Å². The largest absolute Gasteiger partial charge is 0.330 e. The summed E-state index contributed by atoms with van der Waals surface area (Å²) in [4.78, 5) is 0. The van der Waals surface area contributed by atoms with Gasteiger partial charge in [0.25, 0.3) is 0 Å². The van der Waals surface area contributed by atoms with Crippen LogP contribution >= 0.6 is 0 Å². The first kappa shape index (κ1) is 8.83. The number of H-pyrrole nitrogens is 1. The van der Waals surface area contributed by atoms with Crippen LogP contribution in [-0.4, -0.2) is 27.2 Å². The van der Waals surface area contributed by atoms with E-state index >= 15 is 0 Å². The maximum Gasteiger partial charge on any atom is 0.204 e. The van der Waals surface area contributed by atoms with Gasteiger partial charge in [-0.3, -0.25) is 0 Å². The van der Waals surface area contributed by atoms with E-state index in [0.29, 0.717) is 12.4 Å². The van der Waals surface area contributed by atoms with E-state index in [9.17, 15) is 0 Å². The van der Waals surface area contributed by atoms with Crippen molar-refractivity contribution in [1.29, 1.82) is 0 Å². The molecule has 1 aromatic heterocycles. The summed E-state index contributed by atoms with van der Waals surface area (Å²) in [7, 11) is 0. The Labute approximate surface area is 81.3 Å². The first-order chi connectivity index (χ1) is 6.90. The molecule has 1 heterocycles. The van der Waals surface area contributed by atoms with Gasteiger partial charge in [0.1, 0.15) is 0 Å². The summed E-state index contributed by atoms with van der Waals surface area (Å²) in [5.41, 5.74) is 7.63. The van der Waals surface area contributed by atoms with E-state index in [1.807, 2.05) is 24.3 Å². The molecule has 0 aliphatic carbocycles. The molecule has 0 spiro atoms. The summed E-state index contributed by atoms with van der Waals surface area (Å²) < 4.78 is 0. The highest BCUT2D eigenvalue weighted by Crippen LogP contribution is 2.14. The smallest absolute Gasteiger partial charge is 0.204 e. The minimum absolute atomic E-state index is 0.615. The first-order valence-electron chi connectivity index (χ1n) is 4.43. The summed E-state index contributed by atoms with van der Waals surface area (Å²) >= 11 is 0. The standard InChI is InChI=1S/C9H11N5/c10-5-4-7-2-1-3-8(6-7)9-11-13-14-12-9/h1-3,6H,4-5,10H2,(H,11,12,13,14). The summed E-state index contributed by atoms with van der Waals surface area (Å²) in [5, 5.41) is 13.8. The second-order valence-corrected chi connectivity index (χ2v) is 2.97. The topological polar surface area (TPSA) is 80.5 Å². The Bertz CT molecular complexity index is 395. The minimum Gasteiger partial charge on any atom is -0.330 e. The molecule has 1 aromatic carbocycles. The van der Waals surface area contributed by atoms with Crippen LogP contribution in [0.15, 0.2) is 24.3 Å². The van der Waals surface area contributed by atoms with Crippen molar-refractivity contribution in [2.45, 2.75) is 6.42 Å². The SMILES string of the molecule is NCCc1cccc(-c2nn[nH]n2)c1. The molecule has 0 atom stereocenters. The number of tetrazole rings is 1. The fraction of sp³-hybridized carbons (Fsp3) is 0.222. The summed E-state index contributed by atoms with van der Waals surface area (Å²) in [6.07, 6.45) is 0.867. The molecule has 0 aliphatic rings. The van der Waals surface area contributed by atoms with E-state index in [0.717, 1.165) is 12.0 Å². The van der Waals surface area contributed by atoms with Crippen molar-refractivity contribution in [3.05, 3.63) is 29.8 Å². The molecule has 0 saturated carbocycles. The quantitative estimate of drug-likeness (QED) is 0.730. The van der Waals surface area contributed by atoms with E-state index in [4.69, 9.17) is 5.73 Å². The molecule has 0 unspecified atom stereocenters. The van der Waals surface area contributed by atoms with Gasteiger partial charge in [-0.15, -0.1) is 10.2 Å². The molecule has 14 heavy (non-hydrogen) atoms. The third kappa shape index (κ3) is 1.77. The number of rotatable bonds is 3. The molecular formula is C9H11N5. The normalized spacial score (nSPS) is 10.4. The molecule has 5 heteroatoms. The Hall–Kier alpha value is -1.75. The molecule has 0 bridgehead atoms. The number of hydrogen-bond acceptors (Lipinski definition) is 4. The molecule has 72 valence electrons. The predicted molar refractivity (Wildman–Crippen MR) is 52.4 cm³/mol. The van der Waals surface area contributed by atoms with Crippen LogP contribution in [-0.2, 0) is 6.42 Å². The molecule has 2 rings (SSSR count). The zero-order valence-electron chi connectivity index (χ0n) is 7.64. The second-order valence-electron chi connectivity index (χ2n) is 2.97. The van der Waals surface area contributed by atoms with Gasteiger partial charge in [-0.2, -0.15) is 5.21 Å². The van der Waals surface area contributed by atoms with Crippen molar-refractivity contribution in [2.75, 3.05) is 6.54 Å². The Morgan fingerprint density at radius 3 is 3.00 bits per heavy atom. The van der Waals surface area contributed by atoms with Crippen LogP contribution < -0.4 is 5.73 Å². The van der Waals surface area contributed by atoms with Crippen LogP contribution in [0, 0.1) is 0 Å². The van der Waals surface area contributed by atoms with Gasteiger partial charge in [0, 0.05) is 5.56 Å². The van der Waals surface area contributed by atoms with Crippen LogP contribution in [0.2, 0.25) is 0 Å². The molecule has 3 N–H and O–H groups in total. The lowest BCUT2D eigenvalue weighted by Crippen LogP contribution is -2.02. The molecule has 0 radical (unpaired) electrons. The molecule has 2 aromatic rings. The number of nitrogens with one attached hydrogen (secondary N) is 1. The number of nitrogens with two attached hydrogens (primary N) is 1. The number of aromatic amines is 1. The first-order valence-corrected chi connectivity index (χ1v) is 4.43. The highest BCUT2D eigenvalue weighted by atomic mass is 15.5. The monoisotopic (exact) mass is 189 g/mol. The lowest BCUT2D eigenvalue weighted by atomic mass is 10.1. The van der Waals surface area contributed by atoms with Crippen molar-refractivity contribution in [1.82, 2.24) is 20.6 Å². The van der Waals surface area contributed by atoms with E-state index in [1.165, 1.54) is 5.56 Å². The molecule has 5 nitrogen and oxygen atoms in total. The molecule has 0 fully saturated rings. The van der Waals surface area contributed by atoms with Crippen molar-refractivity contribution >= 4 is 0 Å². The summed E-state index contributed by atoms with van der Waals surface area (Å²) in [5.74, 6) is 0.615. The van der Waals surface area contributed by atoms with Gasteiger partial charge in [0.15, 0.2) is 0 Å². The lowest BCUT2D eigenvalue weighted by Gasteiger charge is -1.99. The van der Waals surface area contributed by atoms with Gasteiger partial charge in [-0.05, 0) is 29.8 Å². The summed E-state index contributed by atoms with van der Waals surface area (Å²) in [6, 6.07) is 7.98. The zero-order valence-corrected chi connectivity index (χ0v) is 7.64. The van der Waals surface area contributed by atoms with Crippen molar-refractivity contribution in [2.24, 2.45) is 5.73 Å². The number of benzene rings is 1. The van der Waals surface area contributed by atoms with Crippen molar-refractivity contribution < 1.29 is 0 Å². The van der Waals surface area contributed by atoms with Gasteiger partial charge >= 0.3 is 0 Å². The molecular weight excluding hydrogens is 178 g/mol. The Balaban J connectivity index is 2.31. The second kappa shape index (κ2) is 3.97.